The summed E-state index contributed by atoms with van der Waals surface area (Å²) in [6, 6.07) is 8.00. The summed E-state index contributed by atoms with van der Waals surface area (Å²) in [6.07, 6.45) is 3.30. The van der Waals surface area contributed by atoms with E-state index in [2.05, 4.69) is 10.3 Å². The Hall–Kier alpha value is -2.23. The van der Waals surface area contributed by atoms with Crippen molar-refractivity contribution in [1.82, 2.24) is 4.98 Å². The van der Waals surface area contributed by atoms with Gasteiger partial charge in [0.05, 0.1) is 0 Å². The molecule has 0 aliphatic carbocycles. The van der Waals surface area contributed by atoms with Crippen LogP contribution in [0.1, 0.15) is 20.8 Å². The molecule has 1 aromatic carbocycles. The molecule has 2 rings (SSSR count). The van der Waals surface area contributed by atoms with Gasteiger partial charge in [0.1, 0.15) is 5.82 Å². The van der Waals surface area contributed by atoms with Crippen LogP contribution in [0.15, 0.2) is 42.7 Å². The molecule has 3 nitrogen and oxygen atoms in total. The third-order valence-electron chi connectivity index (χ3n) is 2.21. The van der Waals surface area contributed by atoms with Crippen molar-refractivity contribution < 1.29 is 9.18 Å². The van der Waals surface area contributed by atoms with Crippen molar-refractivity contribution in [3.8, 4) is 11.1 Å². The Morgan fingerprint density at radius 1 is 1.21 bits per heavy atom. The molecule has 0 atom stereocenters. The van der Waals surface area contributed by atoms with Crippen LogP contribution < -0.4 is 5.32 Å². The quantitative estimate of drug-likeness (QED) is 0.890. The molecule has 0 fully saturated rings. The van der Waals surface area contributed by atoms with Crippen LogP contribution in [0.5, 0.6) is 0 Å². The molecule has 0 radical (unpaired) electrons. The minimum atomic E-state index is -0.393. The summed E-state index contributed by atoms with van der Waals surface area (Å²) in [4.78, 5) is 14.9. The van der Waals surface area contributed by atoms with Gasteiger partial charge in [-0.1, -0.05) is 19.9 Å². The van der Waals surface area contributed by atoms with E-state index in [0.29, 0.717) is 11.3 Å². The number of nitrogens with one attached hydrogen (secondary N) is 1. The number of rotatable bonds is 2. The van der Waals surface area contributed by atoms with E-state index in [-0.39, 0.29) is 5.91 Å². The molecule has 0 aliphatic rings. The summed E-state index contributed by atoms with van der Waals surface area (Å²) in [5.74, 6) is -0.622. The van der Waals surface area contributed by atoms with Crippen LogP contribution in [0.4, 0.5) is 10.1 Å². The van der Waals surface area contributed by atoms with E-state index in [1.807, 2.05) is 19.9 Å². The Balaban J connectivity index is 0.000000861. The lowest BCUT2D eigenvalue weighted by Crippen LogP contribution is -2.06. The first kappa shape index (κ1) is 14.8. The van der Waals surface area contributed by atoms with Gasteiger partial charge < -0.3 is 5.32 Å². The zero-order valence-corrected chi connectivity index (χ0v) is 11.3. The van der Waals surface area contributed by atoms with Crippen molar-refractivity contribution in [1.29, 1.82) is 0 Å². The fourth-order valence-electron chi connectivity index (χ4n) is 1.57. The maximum Gasteiger partial charge on any atom is 0.221 e. The monoisotopic (exact) mass is 260 g/mol. The number of hydrogen-bond acceptors (Lipinski definition) is 2. The SMILES string of the molecule is CC.CC(=O)Nc1cc(F)cc(-c2cccnc2)c1. The fourth-order valence-corrected chi connectivity index (χ4v) is 1.57. The van der Waals surface area contributed by atoms with E-state index in [1.165, 1.54) is 19.1 Å². The highest BCUT2D eigenvalue weighted by atomic mass is 19.1. The van der Waals surface area contributed by atoms with Crippen LogP contribution in [0.3, 0.4) is 0 Å². The standard InChI is InChI=1S/C13H11FN2O.C2H6/c1-9(17)16-13-6-11(5-12(14)7-13)10-3-2-4-15-8-10;1-2/h2-8H,1H3,(H,16,17);1-2H3. The van der Waals surface area contributed by atoms with Crippen LogP contribution >= 0.6 is 0 Å². The number of carbonyl (C=O) groups excluding carboxylic acids is 1. The number of carbonyl (C=O) groups is 1. The topological polar surface area (TPSA) is 42.0 Å². The van der Waals surface area contributed by atoms with E-state index >= 15 is 0 Å². The summed E-state index contributed by atoms with van der Waals surface area (Å²) in [6.45, 7) is 5.38. The molecule has 0 unspecified atom stereocenters. The molecule has 0 bridgehead atoms. The minimum Gasteiger partial charge on any atom is -0.326 e. The van der Waals surface area contributed by atoms with Gasteiger partial charge in [0, 0.05) is 30.6 Å². The van der Waals surface area contributed by atoms with Crippen molar-refractivity contribution in [2.24, 2.45) is 0 Å². The molecule has 4 heteroatoms. The van der Waals surface area contributed by atoms with Crippen molar-refractivity contribution >= 4 is 11.6 Å². The third kappa shape index (κ3) is 4.50. The highest BCUT2D eigenvalue weighted by molar-refractivity contribution is 5.89. The second-order valence-corrected chi connectivity index (χ2v) is 3.65. The van der Waals surface area contributed by atoms with Gasteiger partial charge in [0.15, 0.2) is 0 Å². The molecule has 1 heterocycles. The van der Waals surface area contributed by atoms with E-state index in [4.69, 9.17) is 0 Å². The van der Waals surface area contributed by atoms with Gasteiger partial charge in [0.25, 0.3) is 0 Å². The van der Waals surface area contributed by atoms with Gasteiger partial charge in [0.2, 0.25) is 5.91 Å². The Morgan fingerprint density at radius 2 is 1.95 bits per heavy atom. The zero-order chi connectivity index (χ0) is 14.3. The van der Waals surface area contributed by atoms with Gasteiger partial charge in [-0.2, -0.15) is 0 Å². The zero-order valence-electron chi connectivity index (χ0n) is 11.3. The molecule has 1 amide bonds. The third-order valence-corrected chi connectivity index (χ3v) is 2.21. The first-order chi connectivity index (χ1) is 9.15. The molecule has 0 spiro atoms. The maximum absolute atomic E-state index is 13.4. The number of amides is 1. The van der Waals surface area contributed by atoms with E-state index in [1.54, 1.807) is 24.5 Å². The minimum absolute atomic E-state index is 0.229. The summed E-state index contributed by atoms with van der Waals surface area (Å²) in [5, 5.41) is 2.56. The second kappa shape index (κ2) is 7.26. The van der Waals surface area contributed by atoms with Gasteiger partial charge in [-0.15, -0.1) is 0 Å². The number of aromatic nitrogens is 1. The smallest absolute Gasteiger partial charge is 0.221 e. The maximum atomic E-state index is 13.4. The number of pyridine rings is 1. The van der Waals surface area contributed by atoms with Crippen molar-refractivity contribution in [3.63, 3.8) is 0 Å². The summed E-state index contributed by atoms with van der Waals surface area (Å²) < 4.78 is 13.4. The number of hydrogen-bond donors (Lipinski definition) is 1. The van der Waals surface area contributed by atoms with E-state index in [0.717, 1.165) is 5.56 Å². The van der Waals surface area contributed by atoms with Gasteiger partial charge in [-0.25, -0.2) is 4.39 Å². The highest BCUT2D eigenvalue weighted by Gasteiger charge is 2.04. The normalized spacial score (nSPS) is 9.26. The molecule has 0 saturated heterocycles. The number of halogens is 1. The highest BCUT2D eigenvalue weighted by Crippen LogP contribution is 2.23. The molecule has 1 N–H and O–H groups in total. The van der Waals surface area contributed by atoms with Crippen LogP contribution in [0, 0.1) is 5.82 Å². The molecule has 0 aliphatic heterocycles. The molecule has 19 heavy (non-hydrogen) atoms. The van der Waals surface area contributed by atoms with Crippen LogP contribution in [0.25, 0.3) is 11.1 Å². The number of anilines is 1. The molecular weight excluding hydrogens is 243 g/mol. The first-order valence-corrected chi connectivity index (χ1v) is 6.14. The summed E-state index contributed by atoms with van der Waals surface area (Å²) in [5.41, 5.74) is 1.93. The molecule has 1 aromatic heterocycles. The molecular formula is C15H17FN2O. The second-order valence-electron chi connectivity index (χ2n) is 3.65. The fraction of sp³-hybridized carbons (Fsp3) is 0.200. The van der Waals surface area contributed by atoms with E-state index in [9.17, 15) is 9.18 Å². The van der Waals surface area contributed by atoms with Crippen LogP contribution in [0.2, 0.25) is 0 Å². The summed E-state index contributed by atoms with van der Waals surface area (Å²) >= 11 is 0. The van der Waals surface area contributed by atoms with Gasteiger partial charge >= 0.3 is 0 Å². The molecule has 2 aromatic rings. The van der Waals surface area contributed by atoms with Crippen molar-refractivity contribution in [2.45, 2.75) is 20.8 Å². The summed E-state index contributed by atoms with van der Waals surface area (Å²) in [7, 11) is 0. The van der Waals surface area contributed by atoms with Crippen LogP contribution in [-0.4, -0.2) is 10.9 Å². The van der Waals surface area contributed by atoms with Crippen molar-refractivity contribution in [2.75, 3.05) is 5.32 Å². The molecule has 0 saturated carbocycles. The lowest BCUT2D eigenvalue weighted by molar-refractivity contribution is -0.114. The lowest BCUT2D eigenvalue weighted by Gasteiger charge is -2.06. The number of nitrogens with zero attached hydrogens (tertiary/aromatic N) is 1. The Labute approximate surface area is 112 Å². The predicted octanol–water partition coefficient (Wildman–Crippen LogP) is 3.87. The van der Waals surface area contributed by atoms with Crippen LogP contribution in [-0.2, 0) is 4.79 Å². The average molecular weight is 260 g/mol. The average Bonchev–Trinajstić information content (AvgIpc) is 2.40. The van der Waals surface area contributed by atoms with E-state index < -0.39 is 5.82 Å². The Kier molecular flexibility index (Phi) is 5.67. The van der Waals surface area contributed by atoms with Gasteiger partial charge in [-0.05, 0) is 29.8 Å². The van der Waals surface area contributed by atoms with Gasteiger partial charge in [-0.3, -0.25) is 9.78 Å². The predicted molar refractivity (Wildman–Crippen MR) is 75.3 cm³/mol. The molecule has 100 valence electrons. The Bertz CT molecular complexity index is 541. The van der Waals surface area contributed by atoms with Crippen molar-refractivity contribution in [3.05, 3.63) is 48.5 Å². The largest absolute Gasteiger partial charge is 0.326 e. The lowest BCUT2D eigenvalue weighted by atomic mass is 10.1. The first-order valence-electron chi connectivity index (χ1n) is 6.14. The number of benzene rings is 1. The Morgan fingerprint density at radius 3 is 2.53 bits per heavy atom.